The zero-order chi connectivity index (χ0) is 13.0. The molecule has 0 atom stereocenters. The molecular formula is C13H18N4O. The van der Waals surface area contributed by atoms with Crippen LogP contribution < -0.4 is 0 Å². The first kappa shape index (κ1) is 12.6. The summed E-state index contributed by atoms with van der Waals surface area (Å²) in [6.07, 6.45) is 1.75. The van der Waals surface area contributed by atoms with Gasteiger partial charge in [-0.2, -0.15) is 0 Å². The molecule has 0 aliphatic rings. The van der Waals surface area contributed by atoms with Crippen LogP contribution in [0.3, 0.4) is 0 Å². The predicted molar refractivity (Wildman–Crippen MR) is 69.2 cm³/mol. The van der Waals surface area contributed by atoms with Gasteiger partial charge in [0.25, 0.3) is 0 Å². The Morgan fingerprint density at radius 2 is 2.22 bits per heavy atom. The number of rotatable bonds is 5. The summed E-state index contributed by atoms with van der Waals surface area (Å²) in [5.74, 6) is 1.25. The van der Waals surface area contributed by atoms with Gasteiger partial charge in [-0.3, -0.25) is 0 Å². The first-order valence-electron chi connectivity index (χ1n) is 5.96. The predicted octanol–water partition coefficient (Wildman–Crippen LogP) is 1.42. The fraction of sp³-hybridized carbons (Fsp3) is 0.385. The molecule has 2 aromatic rings. The third-order valence-electron chi connectivity index (χ3n) is 2.89. The maximum atomic E-state index is 9.40. The van der Waals surface area contributed by atoms with Crippen molar-refractivity contribution >= 4 is 0 Å². The van der Waals surface area contributed by atoms with Crippen LogP contribution in [-0.2, 0) is 13.1 Å². The Kier molecular flexibility index (Phi) is 3.94. The quantitative estimate of drug-likeness (QED) is 0.867. The van der Waals surface area contributed by atoms with E-state index in [1.807, 2.05) is 23.6 Å². The van der Waals surface area contributed by atoms with Crippen molar-refractivity contribution in [2.75, 3.05) is 13.6 Å². The lowest BCUT2D eigenvalue weighted by Crippen LogP contribution is -2.23. The molecule has 0 fully saturated rings. The molecule has 0 spiro atoms. The summed E-state index contributed by atoms with van der Waals surface area (Å²) in [5, 5.41) is 17.2. The van der Waals surface area contributed by atoms with Crippen molar-refractivity contribution < 1.29 is 5.11 Å². The molecule has 5 nitrogen and oxygen atoms in total. The summed E-state index contributed by atoms with van der Waals surface area (Å²) in [6, 6.07) is 7.35. The molecule has 5 heteroatoms. The van der Waals surface area contributed by atoms with Crippen molar-refractivity contribution in [1.29, 1.82) is 0 Å². The standard InChI is InChI=1S/C13H18N4O/c1-11-15-14-10-17(11)7-6-16(2)9-12-4-3-5-13(18)8-12/h3-5,8,10,18H,6-7,9H2,1-2H3. The molecule has 2 rings (SSSR count). The van der Waals surface area contributed by atoms with Crippen LogP contribution in [0.15, 0.2) is 30.6 Å². The van der Waals surface area contributed by atoms with Gasteiger partial charge in [0.1, 0.15) is 17.9 Å². The van der Waals surface area contributed by atoms with Gasteiger partial charge >= 0.3 is 0 Å². The molecule has 0 aliphatic heterocycles. The van der Waals surface area contributed by atoms with E-state index in [4.69, 9.17) is 0 Å². The number of benzene rings is 1. The van der Waals surface area contributed by atoms with Crippen LogP contribution in [0.4, 0.5) is 0 Å². The molecule has 0 radical (unpaired) electrons. The van der Waals surface area contributed by atoms with Crippen molar-refractivity contribution in [3.8, 4) is 5.75 Å². The summed E-state index contributed by atoms with van der Waals surface area (Å²) in [4.78, 5) is 2.20. The Hall–Kier alpha value is -1.88. The number of nitrogens with zero attached hydrogens (tertiary/aromatic N) is 4. The fourth-order valence-electron chi connectivity index (χ4n) is 1.86. The molecule has 0 saturated heterocycles. The SMILES string of the molecule is Cc1nncn1CCN(C)Cc1cccc(O)c1. The molecule has 1 aromatic heterocycles. The van der Waals surface area contributed by atoms with Crippen LogP contribution in [0.2, 0.25) is 0 Å². The minimum Gasteiger partial charge on any atom is -0.508 e. The third-order valence-corrected chi connectivity index (χ3v) is 2.89. The van der Waals surface area contributed by atoms with Gasteiger partial charge in [0.05, 0.1) is 0 Å². The van der Waals surface area contributed by atoms with Gasteiger partial charge in [0, 0.05) is 19.6 Å². The van der Waals surface area contributed by atoms with Crippen molar-refractivity contribution in [3.63, 3.8) is 0 Å². The number of phenols is 1. The van der Waals surface area contributed by atoms with Gasteiger partial charge in [-0.25, -0.2) is 0 Å². The molecular weight excluding hydrogens is 228 g/mol. The molecule has 0 aliphatic carbocycles. The molecule has 0 bridgehead atoms. The van der Waals surface area contributed by atoms with Crippen molar-refractivity contribution in [1.82, 2.24) is 19.7 Å². The van der Waals surface area contributed by atoms with E-state index in [0.29, 0.717) is 5.75 Å². The summed E-state index contributed by atoms with van der Waals surface area (Å²) >= 11 is 0. The van der Waals surface area contributed by atoms with Crippen LogP contribution in [0.1, 0.15) is 11.4 Å². The Bertz CT molecular complexity index is 509. The Morgan fingerprint density at radius 3 is 2.89 bits per heavy atom. The highest BCUT2D eigenvalue weighted by Gasteiger charge is 2.03. The zero-order valence-corrected chi connectivity index (χ0v) is 10.7. The monoisotopic (exact) mass is 246 g/mol. The second-order valence-electron chi connectivity index (χ2n) is 4.48. The molecule has 0 saturated carbocycles. The highest BCUT2D eigenvalue weighted by molar-refractivity contribution is 5.26. The molecule has 1 N–H and O–H groups in total. The van der Waals surface area contributed by atoms with E-state index >= 15 is 0 Å². The first-order valence-corrected chi connectivity index (χ1v) is 5.96. The molecule has 0 unspecified atom stereocenters. The number of likely N-dealkylation sites (N-methyl/N-ethyl adjacent to an activating group) is 1. The smallest absolute Gasteiger partial charge is 0.129 e. The number of phenolic OH excluding ortho intramolecular Hbond substituents is 1. The highest BCUT2D eigenvalue weighted by atomic mass is 16.3. The van der Waals surface area contributed by atoms with Crippen LogP contribution in [-0.4, -0.2) is 38.4 Å². The molecule has 1 heterocycles. The van der Waals surface area contributed by atoms with Gasteiger partial charge in [-0.05, 0) is 31.7 Å². The second-order valence-corrected chi connectivity index (χ2v) is 4.48. The van der Waals surface area contributed by atoms with E-state index in [0.717, 1.165) is 31.0 Å². The lowest BCUT2D eigenvalue weighted by atomic mass is 10.2. The van der Waals surface area contributed by atoms with Crippen molar-refractivity contribution in [3.05, 3.63) is 42.0 Å². The van der Waals surface area contributed by atoms with Gasteiger partial charge in [-0.1, -0.05) is 12.1 Å². The summed E-state index contributed by atoms with van der Waals surface area (Å²) < 4.78 is 2.03. The van der Waals surface area contributed by atoms with Crippen LogP contribution in [0.5, 0.6) is 5.75 Å². The van der Waals surface area contributed by atoms with Gasteiger partial charge in [0.2, 0.25) is 0 Å². The van der Waals surface area contributed by atoms with Crippen molar-refractivity contribution in [2.24, 2.45) is 0 Å². The molecule has 96 valence electrons. The summed E-state index contributed by atoms with van der Waals surface area (Å²) in [7, 11) is 2.06. The average Bonchev–Trinajstić information content (AvgIpc) is 2.72. The zero-order valence-electron chi connectivity index (χ0n) is 10.7. The van der Waals surface area contributed by atoms with E-state index in [2.05, 4.69) is 22.1 Å². The lowest BCUT2D eigenvalue weighted by Gasteiger charge is -2.17. The Balaban J connectivity index is 1.86. The highest BCUT2D eigenvalue weighted by Crippen LogP contribution is 2.12. The average molecular weight is 246 g/mol. The lowest BCUT2D eigenvalue weighted by molar-refractivity contribution is 0.309. The number of aromatic hydroxyl groups is 1. The summed E-state index contributed by atoms with van der Waals surface area (Å²) in [5.41, 5.74) is 1.11. The third kappa shape index (κ3) is 3.30. The maximum absolute atomic E-state index is 9.40. The van der Waals surface area contributed by atoms with Crippen LogP contribution in [0, 0.1) is 6.92 Å². The van der Waals surface area contributed by atoms with E-state index in [-0.39, 0.29) is 0 Å². The second kappa shape index (κ2) is 5.64. The minimum atomic E-state index is 0.315. The molecule has 0 amide bonds. The molecule has 1 aromatic carbocycles. The van der Waals surface area contributed by atoms with Gasteiger partial charge in [-0.15, -0.1) is 10.2 Å². The largest absolute Gasteiger partial charge is 0.508 e. The van der Waals surface area contributed by atoms with E-state index < -0.39 is 0 Å². The van der Waals surface area contributed by atoms with Gasteiger partial charge < -0.3 is 14.6 Å². The maximum Gasteiger partial charge on any atom is 0.129 e. The van der Waals surface area contributed by atoms with Gasteiger partial charge in [0.15, 0.2) is 0 Å². The number of hydrogen-bond acceptors (Lipinski definition) is 4. The number of aryl methyl sites for hydroxylation is 1. The topological polar surface area (TPSA) is 54.2 Å². The fourth-order valence-corrected chi connectivity index (χ4v) is 1.86. The Labute approximate surface area is 107 Å². The van der Waals surface area contributed by atoms with E-state index in [1.54, 1.807) is 18.5 Å². The van der Waals surface area contributed by atoms with E-state index in [1.165, 1.54) is 0 Å². The van der Waals surface area contributed by atoms with E-state index in [9.17, 15) is 5.11 Å². The molecule has 18 heavy (non-hydrogen) atoms. The van der Waals surface area contributed by atoms with Crippen molar-refractivity contribution in [2.45, 2.75) is 20.0 Å². The number of aromatic nitrogens is 3. The first-order chi connectivity index (χ1) is 8.65. The number of hydrogen-bond donors (Lipinski definition) is 1. The van der Waals surface area contributed by atoms with Crippen LogP contribution >= 0.6 is 0 Å². The summed E-state index contributed by atoms with van der Waals surface area (Å²) in [6.45, 7) is 4.54. The Morgan fingerprint density at radius 1 is 1.39 bits per heavy atom. The minimum absolute atomic E-state index is 0.315. The van der Waals surface area contributed by atoms with Crippen LogP contribution in [0.25, 0.3) is 0 Å². The normalized spacial score (nSPS) is 11.1.